The zero-order chi connectivity index (χ0) is 13.3. The molecule has 1 heterocycles. The van der Waals surface area contributed by atoms with Gasteiger partial charge in [0.2, 0.25) is 0 Å². The Morgan fingerprint density at radius 1 is 1.56 bits per heavy atom. The minimum Gasteiger partial charge on any atom is -0.480 e. The Morgan fingerprint density at radius 2 is 2.28 bits per heavy atom. The number of benzene rings is 1. The number of carboxylic acids is 1. The van der Waals surface area contributed by atoms with Crippen LogP contribution in [0.5, 0.6) is 0 Å². The van der Waals surface area contributed by atoms with Crippen molar-refractivity contribution in [3.63, 3.8) is 0 Å². The van der Waals surface area contributed by atoms with Gasteiger partial charge in [0, 0.05) is 18.7 Å². The van der Waals surface area contributed by atoms with Crippen molar-refractivity contribution in [2.75, 3.05) is 11.4 Å². The van der Waals surface area contributed by atoms with E-state index in [1.54, 1.807) is 0 Å². The molecule has 0 saturated carbocycles. The Labute approximate surface area is 102 Å². The maximum absolute atomic E-state index is 13.2. The SMILES string of the molecule is O=C(O)[C@H]1CCCN1c1cc(F)ccc1[N+](=O)[O-]. The predicted molar refractivity (Wildman–Crippen MR) is 61.1 cm³/mol. The van der Waals surface area contributed by atoms with Gasteiger partial charge in [0.05, 0.1) is 4.92 Å². The Kier molecular flexibility index (Phi) is 3.14. The quantitative estimate of drug-likeness (QED) is 0.656. The summed E-state index contributed by atoms with van der Waals surface area (Å²) >= 11 is 0. The maximum atomic E-state index is 13.2. The van der Waals surface area contributed by atoms with Crippen LogP contribution in [-0.2, 0) is 4.79 Å². The number of anilines is 1. The second-order valence-corrected chi connectivity index (χ2v) is 4.08. The number of nitrogens with zero attached hydrogens (tertiary/aromatic N) is 2. The summed E-state index contributed by atoms with van der Waals surface area (Å²) < 4.78 is 13.2. The van der Waals surface area contributed by atoms with Gasteiger partial charge < -0.3 is 10.0 Å². The van der Waals surface area contributed by atoms with E-state index in [4.69, 9.17) is 5.11 Å². The molecule has 1 aliphatic rings. The number of nitro groups is 1. The third kappa shape index (κ3) is 2.11. The lowest BCUT2D eigenvalue weighted by Gasteiger charge is -2.23. The number of carboxylic acid groups (broad SMARTS) is 1. The van der Waals surface area contributed by atoms with Crippen molar-refractivity contribution in [1.82, 2.24) is 0 Å². The van der Waals surface area contributed by atoms with Gasteiger partial charge in [0.1, 0.15) is 17.5 Å². The number of aliphatic carboxylic acids is 1. The lowest BCUT2D eigenvalue weighted by Crippen LogP contribution is -2.36. The average Bonchev–Trinajstić information content (AvgIpc) is 2.77. The summed E-state index contributed by atoms with van der Waals surface area (Å²) in [6.45, 7) is 0.376. The molecule has 18 heavy (non-hydrogen) atoms. The van der Waals surface area contributed by atoms with Crippen LogP contribution in [0, 0.1) is 15.9 Å². The molecule has 1 saturated heterocycles. The first kappa shape index (κ1) is 12.3. The molecule has 0 amide bonds. The number of hydrogen-bond donors (Lipinski definition) is 1. The topological polar surface area (TPSA) is 83.7 Å². The molecule has 0 aromatic heterocycles. The molecule has 1 aromatic rings. The van der Waals surface area contributed by atoms with Crippen LogP contribution in [0.4, 0.5) is 15.8 Å². The number of hydrogen-bond acceptors (Lipinski definition) is 4. The van der Waals surface area contributed by atoms with Gasteiger partial charge in [-0.3, -0.25) is 10.1 Å². The van der Waals surface area contributed by atoms with E-state index in [0.717, 1.165) is 18.2 Å². The molecule has 96 valence electrons. The summed E-state index contributed by atoms with van der Waals surface area (Å²) in [5, 5.41) is 19.9. The lowest BCUT2D eigenvalue weighted by atomic mass is 10.2. The zero-order valence-corrected chi connectivity index (χ0v) is 9.38. The summed E-state index contributed by atoms with van der Waals surface area (Å²) in [6, 6.07) is 2.24. The Morgan fingerprint density at radius 3 is 2.89 bits per heavy atom. The van der Waals surface area contributed by atoms with Gasteiger partial charge >= 0.3 is 5.97 Å². The summed E-state index contributed by atoms with van der Waals surface area (Å²) in [5.74, 6) is -1.67. The molecule has 1 aromatic carbocycles. The van der Waals surface area contributed by atoms with Crippen LogP contribution in [0.3, 0.4) is 0 Å². The molecular formula is C11H11FN2O4. The number of nitro benzene ring substituents is 1. The van der Waals surface area contributed by atoms with Crippen LogP contribution in [0.1, 0.15) is 12.8 Å². The van der Waals surface area contributed by atoms with Crippen molar-refractivity contribution in [3.8, 4) is 0 Å². The second-order valence-electron chi connectivity index (χ2n) is 4.08. The molecule has 7 heteroatoms. The average molecular weight is 254 g/mol. The van der Waals surface area contributed by atoms with Gasteiger partial charge in [-0.2, -0.15) is 0 Å². The molecule has 2 rings (SSSR count). The first-order chi connectivity index (χ1) is 8.50. The maximum Gasteiger partial charge on any atom is 0.326 e. The highest BCUT2D eigenvalue weighted by molar-refractivity contribution is 5.81. The smallest absolute Gasteiger partial charge is 0.326 e. The molecule has 0 radical (unpaired) electrons. The molecule has 1 atom stereocenters. The van der Waals surface area contributed by atoms with Crippen molar-refractivity contribution in [2.24, 2.45) is 0 Å². The third-order valence-electron chi connectivity index (χ3n) is 2.98. The Hall–Kier alpha value is -2.18. The normalized spacial score (nSPS) is 18.9. The molecular weight excluding hydrogens is 243 g/mol. The number of rotatable bonds is 3. The lowest BCUT2D eigenvalue weighted by molar-refractivity contribution is -0.384. The Balaban J connectivity index is 2.46. The van der Waals surface area contributed by atoms with Gasteiger partial charge in [0.15, 0.2) is 0 Å². The van der Waals surface area contributed by atoms with E-state index < -0.39 is 22.8 Å². The van der Waals surface area contributed by atoms with Crippen molar-refractivity contribution in [3.05, 3.63) is 34.1 Å². The standard InChI is InChI=1S/C11H11FN2O4/c12-7-3-4-8(14(17)18)10(6-7)13-5-1-2-9(13)11(15)16/h3-4,6,9H,1-2,5H2,(H,15,16)/t9-/m1/s1. The van der Waals surface area contributed by atoms with Crippen molar-refractivity contribution < 1.29 is 19.2 Å². The zero-order valence-electron chi connectivity index (χ0n) is 9.38. The molecule has 1 N–H and O–H groups in total. The van der Waals surface area contributed by atoms with E-state index in [-0.39, 0.29) is 11.4 Å². The van der Waals surface area contributed by atoms with Gasteiger partial charge in [-0.25, -0.2) is 9.18 Å². The summed E-state index contributed by atoms with van der Waals surface area (Å²) in [7, 11) is 0. The minimum atomic E-state index is -1.05. The molecule has 6 nitrogen and oxygen atoms in total. The fraction of sp³-hybridized carbons (Fsp3) is 0.364. The second kappa shape index (κ2) is 4.59. The van der Waals surface area contributed by atoms with E-state index >= 15 is 0 Å². The van der Waals surface area contributed by atoms with Gasteiger partial charge in [-0.05, 0) is 18.9 Å². The van der Waals surface area contributed by atoms with Gasteiger partial charge in [-0.15, -0.1) is 0 Å². The molecule has 0 spiro atoms. The first-order valence-corrected chi connectivity index (χ1v) is 5.44. The highest BCUT2D eigenvalue weighted by atomic mass is 19.1. The van der Waals surface area contributed by atoms with Crippen LogP contribution in [0.25, 0.3) is 0 Å². The predicted octanol–water partition coefficient (Wildman–Crippen LogP) is 1.79. The van der Waals surface area contributed by atoms with E-state index in [0.29, 0.717) is 19.4 Å². The van der Waals surface area contributed by atoms with Crippen molar-refractivity contribution in [1.29, 1.82) is 0 Å². The highest BCUT2D eigenvalue weighted by Crippen LogP contribution is 2.34. The van der Waals surface area contributed by atoms with Crippen LogP contribution < -0.4 is 4.90 Å². The van der Waals surface area contributed by atoms with Crippen molar-refractivity contribution in [2.45, 2.75) is 18.9 Å². The van der Waals surface area contributed by atoms with E-state index in [1.807, 2.05) is 0 Å². The summed E-state index contributed by atoms with van der Waals surface area (Å²) in [4.78, 5) is 22.7. The molecule has 0 bridgehead atoms. The minimum absolute atomic E-state index is 0.0323. The largest absolute Gasteiger partial charge is 0.480 e. The summed E-state index contributed by atoms with van der Waals surface area (Å²) in [5.41, 5.74) is -0.241. The molecule has 0 unspecified atom stereocenters. The van der Waals surface area contributed by atoms with E-state index in [1.165, 1.54) is 4.90 Å². The van der Waals surface area contributed by atoms with Gasteiger partial charge in [0.25, 0.3) is 5.69 Å². The third-order valence-corrected chi connectivity index (χ3v) is 2.98. The highest BCUT2D eigenvalue weighted by Gasteiger charge is 2.34. The van der Waals surface area contributed by atoms with Crippen molar-refractivity contribution >= 4 is 17.3 Å². The number of halogens is 1. The van der Waals surface area contributed by atoms with Crippen LogP contribution in [0.15, 0.2) is 18.2 Å². The van der Waals surface area contributed by atoms with Crippen LogP contribution in [-0.4, -0.2) is 28.6 Å². The molecule has 0 aliphatic carbocycles. The van der Waals surface area contributed by atoms with E-state index in [9.17, 15) is 19.3 Å². The molecule has 1 aliphatic heterocycles. The fourth-order valence-corrected chi connectivity index (χ4v) is 2.19. The fourth-order valence-electron chi connectivity index (χ4n) is 2.19. The summed E-state index contributed by atoms with van der Waals surface area (Å²) in [6.07, 6.45) is 1.02. The number of carbonyl (C=O) groups is 1. The van der Waals surface area contributed by atoms with E-state index in [2.05, 4.69) is 0 Å². The van der Waals surface area contributed by atoms with Crippen LogP contribution >= 0.6 is 0 Å². The van der Waals surface area contributed by atoms with Gasteiger partial charge in [-0.1, -0.05) is 0 Å². The Bertz CT molecular complexity index is 506. The first-order valence-electron chi connectivity index (χ1n) is 5.44. The molecule has 1 fully saturated rings. The monoisotopic (exact) mass is 254 g/mol. The van der Waals surface area contributed by atoms with Crippen LogP contribution in [0.2, 0.25) is 0 Å².